The molecule has 1 atom stereocenters. The van der Waals surface area contributed by atoms with Crippen molar-refractivity contribution in [1.82, 2.24) is 24.8 Å². The summed E-state index contributed by atoms with van der Waals surface area (Å²) in [6, 6.07) is 0.699. The smallest absolute Gasteiger partial charge is 0.122 e. The Hall–Kier alpha value is -1.24. The summed E-state index contributed by atoms with van der Waals surface area (Å²) in [4.78, 5) is 13.8. The largest absolute Gasteiger partial charge is 0.337 e. The fourth-order valence-electron chi connectivity index (χ4n) is 4.80. The van der Waals surface area contributed by atoms with Crippen LogP contribution in [-0.2, 0) is 33.0 Å². The molecule has 1 N–H and O–H groups in total. The minimum absolute atomic E-state index is 0.552. The monoisotopic (exact) mass is 357 g/mol. The van der Waals surface area contributed by atoms with Crippen LogP contribution in [0.1, 0.15) is 47.1 Å². The number of hydrogen-bond donors (Lipinski definition) is 1. The third kappa shape index (κ3) is 2.94. The van der Waals surface area contributed by atoms with Crippen LogP contribution in [0, 0.1) is 5.41 Å². The lowest BCUT2D eigenvalue weighted by Crippen LogP contribution is -2.36. The summed E-state index contributed by atoms with van der Waals surface area (Å²) in [5, 5.41) is 4.84. The van der Waals surface area contributed by atoms with E-state index in [1.165, 1.54) is 68.1 Å². The highest BCUT2D eigenvalue weighted by atomic mass is 32.1. The highest BCUT2D eigenvalue weighted by Gasteiger charge is 2.56. The molecule has 2 aromatic heterocycles. The van der Waals surface area contributed by atoms with E-state index < -0.39 is 0 Å². The van der Waals surface area contributed by atoms with Gasteiger partial charge in [-0.05, 0) is 57.0 Å². The van der Waals surface area contributed by atoms with Crippen molar-refractivity contribution < 1.29 is 0 Å². The Morgan fingerprint density at radius 1 is 1.32 bits per heavy atom. The Balaban J connectivity index is 1.37. The minimum Gasteiger partial charge on any atom is -0.337 e. The zero-order valence-electron chi connectivity index (χ0n) is 15.0. The van der Waals surface area contributed by atoms with Crippen molar-refractivity contribution >= 4 is 11.3 Å². The number of aryl methyl sites for hydroxylation is 3. The summed E-state index contributed by atoms with van der Waals surface area (Å²) in [6.07, 6.45) is 11.7. The van der Waals surface area contributed by atoms with Gasteiger partial charge < -0.3 is 9.88 Å². The van der Waals surface area contributed by atoms with Crippen LogP contribution in [0.2, 0.25) is 0 Å². The molecule has 2 aromatic rings. The molecule has 3 heterocycles. The molecule has 1 spiro atoms. The number of nitrogens with one attached hydrogen (secondary N) is 1. The molecule has 2 fully saturated rings. The molecule has 5 nitrogen and oxygen atoms in total. The first-order valence-electron chi connectivity index (χ1n) is 9.62. The first-order valence-corrected chi connectivity index (χ1v) is 10.4. The zero-order valence-corrected chi connectivity index (χ0v) is 15.8. The highest BCUT2D eigenvalue weighted by molar-refractivity contribution is 7.11. The second-order valence-electron chi connectivity index (χ2n) is 8.02. The highest BCUT2D eigenvalue weighted by Crippen LogP contribution is 2.56. The van der Waals surface area contributed by atoms with Crippen molar-refractivity contribution in [1.29, 1.82) is 0 Å². The number of nitrogens with zero attached hydrogens (tertiary/aromatic N) is 4. The molecule has 6 heteroatoms. The number of hydrogen-bond acceptors (Lipinski definition) is 5. The van der Waals surface area contributed by atoms with Crippen LogP contribution in [0.5, 0.6) is 0 Å². The summed E-state index contributed by atoms with van der Waals surface area (Å²) >= 11 is 1.96. The molecule has 1 unspecified atom stereocenters. The van der Waals surface area contributed by atoms with E-state index in [1.54, 1.807) is 4.88 Å². The number of fused-ring (bicyclic) bond motifs is 1. The number of thiazole rings is 1. The van der Waals surface area contributed by atoms with Crippen LogP contribution in [-0.4, -0.2) is 38.6 Å². The lowest BCUT2D eigenvalue weighted by molar-refractivity contribution is 0.182. The van der Waals surface area contributed by atoms with Crippen molar-refractivity contribution in [2.45, 2.75) is 57.7 Å². The Morgan fingerprint density at radius 3 is 2.96 bits per heavy atom. The molecular formula is C19H27N5S. The summed E-state index contributed by atoms with van der Waals surface area (Å²) < 4.78 is 2.16. The molecule has 0 radical (unpaired) electrons. The Bertz CT molecular complexity index is 736. The van der Waals surface area contributed by atoms with Crippen molar-refractivity contribution in [3.8, 4) is 0 Å². The van der Waals surface area contributed by atoms with Gasteiger partial charge in [0.2, 0.25) is 0 Å². The molecular weight excluding hydrogens is 330 g/mol. The van der Waals surface area contributed by atoms with Crippen LogP contribution in [0.25, 0.3) is 0 Å². The summed E-state index contributed by atoms with van der Waals surface area (Å²) in [5.41, 5.74) is 1.93. The SMILES string of the molecule is Cn1ccnc1CN(Cc1nc2c(s1)CCC2)C1CC12CCNCC2. The number of rotatable bonds is 5. The van der Waals surface area contributed by atoms with Crippen molar-refractivity contribution in [2.24, 2.45) is 12.5 Å². The molecule has 0 aromatic carbocycles. The molecule has 25 heavy (non-hydrogen) atoms. The predicted octanol–water partition coefficient (Wildman–Crippen LogP) is 2.51. The zero-order chi connectivity index (χ0) is 16.9. The molecule has 1 saturated heterocycles. The van der Waals surface area contributed by atoms with Gasteiger partial charge in [-0.3, -0.25) is 4.90 Å². The van der Waals surface area contributed by atoms with E-state index in [0.29, 0.717) is 11.5 Å². The molecule has 0 bridgehead atoms. The number of aromatic nitrogens is 3. The van der Waals surface area contributed by atoms with Crippen molar-refractivity contribution in [2.75, 3.05) is 13.1 Å². The van der Waals surface area contributed by atoms with Gasteiger partial charge in [-0.25, -0.2) is 9.97 Å². The quantitative estimate of drug-likeness (QED) is 0.893. The summed E-state index contributed by atoms with van der Waals surface area (Å²) in [7, 11) is 2.10. The van der Waals surface area contributed by atoms with Gasteiger partial charge in [0.25, 0.3) is 0 Å². The van der Waals surface area contributed by atoms with Crippen molar-refractivity contribution in [3.63, 3.8) is 0 Å². The Labute approximate surface area is 153 Å². The fraction of sp³-hybridized carbons (Fsp3) is 0.684. The van der Waals surface area contributed by atoms with E-state index in [2.05, 4.69) is 33.0 Å². The average molecular weight is 358 g/mol. The lowest BCUT2D eigenvalue weighted by atomic mass is 9.93. The molecule has 3 aliphatic rings. The molecule has 1 saturated carbocycles. The van der Waals surface area contributed by atoms with E-state index >= 15 is 0 Å². The maximum Gasteiger partial charge on any atom is 0.122 e. The number of piperidine rings is 1. The van der Waals surface area contributed by atoms with Crippen molar-refractivity contribution in [3.05, 3.63) is 33.8 Å². The van der Waals surface area contributed by atoms with Gasteiger partial charge in [0.05, 0.1) is 18.8 Å². The fourth-order valence-corrected chi connectivity index (χ4v) is 5.98. The van der Waals surface area contributed by atoms with Crippen LogP contribution in [0.4, 0.5) is 0 Å². The van der Waals surface area contributed by atoms with E-state index in [0.717, 1.165) is 13.1 Å². The molecule has 0 amide bonds. The number of imidazole rings is 1. The molecule has 1 aliphatic heterocycles. The first kappa shape index (κ1) is 16.0. The summed E-state index contributed by atoms with van der Waals surface area (Å²) in [5.74, 6) is 1.17. The lowest BCUT2D eigenvalue weighted by Gasteiger charge is -2.29. The van der Waals surface area contributed by atoms with Crippen LogP contribution < -0.4 is 5.32 Å². The van der Waals surface area contributed by atoms with E-state index in [1.807, 2.05) is 17.5 Å². The minimum atomic E-state index is 0.552. The van der Waals surface area contributed by atoms with Gasteiger partial charge in [0.15, 0.2) is 0 Å². The normalized spacial score (nSPS) is 24.2. The third-order valence-electron chi connectivity index (χ3n) is 6.43. The molecule has 5 rings (SSSR count). The van der Waals surface area contributed by atoms with Gasteiger partial charge in [0.1, 0.15) is 10.8 Å². The van der Waals surface area contributed by atoms with Gasteiger partial charge in [-0.15, -0.1) is 11.3 Å². The van der Waals surface area contributed by atoms with Gasteiger partial charge in [-0.1, -0.05) is 0 Å². The van der Waals surface area contributed by atoms with Gasteiger partial charge in [0, 0.05) is 30.4 Å². The van der Waals surface area contributed by atoms with E-state index in [4.69, 9.17) is 4.98 Å². The van der Waals surface area contributed by atoms with Crippen LogP contribution in [0.3, 0.4) is 0 Å². The van der Waals surface area contributed by atoms with Crippen LogP contribution in [0.15, 0.2) is 12.4 Å². The van der Waals surface area contributed by atoms with E-state index in [9.17, 15) is 0 Å². The van der Waals surface area contributed by atoms with Crippen LogP contribution >= 0.6 is 11.3 Å². The average Bonchev–Trinajstić information content (AvgIpc) is 2.97. The second-order valence-corrected chi connectivity index (χ2v) is 9.19. The van der Waals surface area contributed by atoms with Gasteiger partial charge in [-0.2, -0.15) is 0 Å². The Morgan fingerprint density at radius 2 is 2.20 bits per heavy atom. The maximum absolute atomic E-state index is 4.96. The topological polar surface area (TPSA) is 46.0 Å². The summed E-state index contributed by atoms with van der Waals surface area (Å²) in [6.45, 7) is 4.29. The third-order valence-corrected chi connectivity index (χ3v) is 7.57. The Kier molecular flexibility index (Phi) is 3.95. The second kappa shape index (κ2) is 6.18. The first-order chi connectivity index (χ1) is 12.2. The van der Waals surface area contributed by atoms with E-state index in [-0.39, 0.29) is 0 Å². The maximum atomic E-state index is 4.96. The molecule has 2 aliphatic carbocycles. The standard InChI is InChI=1S/C19H27N5S/c1-23-10-9-21-17(23)12-24(16-11-19(16)5-7-20-8-6-19)13-18-22-14-3-2-4-15(14)25-18/h9-10,16,20H,2-8,11-13H2,1H3. The predicted molar refractivity (Wildman–Crippen MR) is 99.5 cm³/mol. The molecule has 134 valence electrons. The van der Waals surface area contributed by atoms with Gasteiger partial charge >= 0.3 is 0 Å².